The quantitative estimate of drug-likeness (QED) is 0.581. The number of ether oxygens (including phenoxy) is 1. The molecule has 0 aromatic heterocycles. The van der Waals surface area contributed by atoms with Crippen molar-refractivity contribution in [3.8, 4) is 5.75 Å². The molecular weight excluding hydrogens is 392 g/mol. The van der Waals surface area contributed by atoms with E-state index in [0.717, 1.165) is 10.8 Å². The average Bonchev–Trinajstić information content (AvgIpc) is 2.73. The molecule has 8 heteroatoms. The Morgan fingerprint density at radius 3 is 2.59 bits per heavy atom. The van der Waals surface area contributed by atoms with Gasteiger partial charge in [-0.1, -0.05) is 36.4 Å². The standard InChI is InChI=1S/C21H20N2O5S/c1-14-7-9-16(11-20(14)29(26,27)22-2)23-21(25)13-28-19-10-8-15-5-3-4-6-17(15)18(19)12-24/h3-12,22H,13H2,1-2H3,(H,23,25). The Hall–Kier alpha value is -3.23. The molecule has 0 aliphatic heterocycles. The maximum atomic E-state index is 12.3. The number of anilines is 1. The average molecular weight is 412 g/mol. The summed E-state index contributed by atoms with van der Waals surface area (Å²) in [5, 5.41) is 4.24. The minimum Gasteiger partial charge on any atom is -0.483 e. The molecule has 0 bridgehead atoms. The van der Waals surface area contributed by atoms with E-state index in [4.69, 9.17) is 4.74 Å². The van der Waals surface area contributed by atoms with Gasteiger partial charge < -0.3 is 10.1 Å². The largest absolute Gasteiger partial charge is 0.483 e. The lowest BCUT2D eigenvalue weighted by Gasteiger charge is -2.12. The molecule has 0 atom stereocenters. The number of rotatable bonds is 7. The van der Waals surface area contributed by atoms with Gasteiger partial charge in [0, 0.05) is 5.69 Å². The van der Waals surface area contributed by atoms with Gasteiger partial charge in [-0.2, -0.15) is 0 Å². The Labute approximate surface area is 168 Å². The zero-order valence-electron chi connectivity index (χ0n) is 15.9. The first kappa shape index (κ1) is 20.5. The number of nitrogens with one attached hydrogen (secondary N) is 2. The lowest BCUT2D eigenvalue weighted by Crippen LogP contribution is -2.22. The van der Waals surface area contributed by atoms with E-state index < -0.39 is 15.9 Å². The molecule has 3 aromatic carbocycles. The highest BCUT2D eigenvalue weighted by Crippen LogP contribution is 2.26. The number of sulfonamides is 1. The van der Waals surface area contributed by atoms with Crippen LogP contribution in [-0.2, 0) is 14.8 Å². The van der Waals surface area contributed by atoms with Crippen molar-refractivity contribution in [1.82, 2.24) is 4.72 Å². The summed E-state index contributed by atoms with van der Waals surface area (Å²) in [7, 11) is -2.32. The molecule has 0 saturated carbocycles. The summed E-state index contributed by atoms with van der Waals surface area (Å²) in [5.41, 5.74) is 1.25. The third kappa shape index (κ3) is 4.44. The number of fused-ring (bicyclic) bond motifs is 1. The third-order valence-electron chi connectivity index (χ3n) is 4.44. The maximum Gasteiger partial charge on any atom is 0.262 e. The first-order valence-corrected chi connectivity index (χ1v) is 10.3. The van der Waals surface area contributed by atoms with Crippen LogP contribution in [-0.4, -0.2) is 34.3 Å². The van der Waals surface area contributed by atoms with Gasteiger partial charge in [-0.25, -0.2) is 13.1 Å². The number of aryl methyl sites for hydroxylation is 1. The molecule has 0 fully saturated rings. The number of benzene rings is 3. The van der Waals surface area contributed by atoms with Gasteiger partial charge in [-0.15, -0.1) is 0 Å². The number of carbonyl (C=O) groups is 2. The molecule has 2 N–H and O–H groups in total. The fourth-order valence-electron chi connectivity index (χ4n) is 2.94. The van der Waals surface area contributed by atoms with E-state index in [1.807, 2.05) is 30.3 Å². The Balaban J connectivity index is 1.75. The fourth-order valence-corrected chi connectivity index (χ4v) is 3.93. The first-order chi connectivity index (χ1) is 13.9. The number of hydrogen-bond acceptors (Lipinski definition) is 5. The van der Waals surface area contributed by atoms with E-state index in [1.54, 1.807) is 25.1 Å². The summed E-state index contributed by atoms with van der Waals surface area (Å²) in [6.07, 6.45) is 0.699. The van der Waals surface area contributed by atoms with E-state index in [1.165, 1.54) is 13.1 Å². The molecule has 0 radical (unpaired) electrons. The van der Waals surface area contributed by atoms with Crippen LogP contribution in [0.25, 0.3) is 10.8 Å². The molecule has 0 heterocycles. The third-order valence-corrected chi connectivity index (χ3v) is 5.99. The van der Waals surface area contributed by atoms with Crippen LogP contribution in [0.5, 0.6) is 5.75 Å². The Kier molecular flexibility index (Phi) is 5.95. The summed E-state index contributed by atoms with van der Waals surface area (Å²) in [4.78, 5) is 23.9. The molecule has 0 aliphatic carbocycles. The van der Waals surface area contributed by atoms with Crippen molar-refractivity contribution in [2.75, 3.05) is 19.0 Å². The zero-order chi connectivity index (χ0) is 21.0. The Bertz CT molecular complexity index is 1190. The summed E-state index contributed by atoms with van der Waals surface area (Å²) in [5.74, 6) is -0.178. The summed E-state index contributed by atoms with van der Waals surface area (Å²) < 4.78 is 31.9. The molecular formula is C21H20N2O5S. The van der Waals surface area contributed by atoms with Crippen LogP contribution >= 0.6 is 0 Å². The predicted octanol–water partition coefficient (Wildman–Crippen LogP) is 2.89. The fraction of sp³-hybridized carbons (Fsp3) is 0.143. The molecule has 3 rings (SSSR count). The summed E-state index contributed by atoms with van der Waals surface area (Å²) in [6, 6.07) is 15.4. The van der Waals surface area contributed by atoms with Crippen LogP contribution in [0, 0.1) is 6.92 Å². The van der Waals surface area contributed by atoms with Crippen molar-refractivity contribution < 1.29 is 22.7 Å². The smallest absolute Gasteiger partial charge is 0.262 e. The summed E-state index contributed by atoms with van der Waals surface area (Å²) >= 11 is 0. The van der Waals surface area contributed by atoms with Crippen LogP contribution in [0.2, 0.25) is 0 Å². The lowest BCUT2D eigenvalue weighted by atomic mass is 10.0. The van der Waals surface area contributed by atoms with Gasteiger partial charge in [0.15, 0.2) is 12.9 Å². The van der Waals surface area contributed by atoms with Gasteiger partial charge in [0.25, 0.3) is 5.91 Å². The molecule has 0 aliphatic rings. The van der Waals surface area contributed by atoms with E-state index in [0.29, 0.717) is 28.8 Å². The van der Waals surface area contributed by atoms with Gasteiger partial charge in [0.2, 0.25) is 10.0 Å². The van der Waals surface area contributed by atoms with Crippen LogP contribution in [0.3, 0.4) is 0 Å². The van der Waals surface area contributed by atoms with Crippen LogP contribution in [0.15, 0.2) is 59.5 Å². The highest BCUT2D eigenvalue weighted by atomic mass is 32.2. The van der Waals surface area contributed by atoms with Crippen molar-refractivity contribution in [3.63, 3.8) is 0 Å². The molecule has 0 saturated heterocycles. The maximum absolute atomic E-state index is 12.3. The van der Waals surface area contributed by atoms with Crippen LogP contribution in [0.1, 0.15) is 15.9 Å². The van der Waals surface area contributed by atoms with E-state index in [9.17, 15) is 18.0 Å². The van der Waals surface area contributed by atoms with Gasteiger partial charge in [0.05, 0.1) is 10.5 Å². The monoisotopic (exact) mass is 412 g/mol. The van der Waals surface area contributed by atoms with Gasteiger partial charge in [-0.3, -0.25) is 9.59 Å². The van der Waals surface area contributed by atoms with Crippen molar-refractivity contribution in [2.45, 2.75) is 11.8 Å². The minimum atomic E-state index is -3.64. The highest BCUT2D eigenvalue weighted by Gasteiger charge is 2.16. The van der Waals surface area contributed by atoms with E-state index >= 15 is 0 Å². The van der Waals surface area contributed by atoms with Crippen molar-refractivity contribution in [1.29, 1.82) is 0 Å². The molecule has 150 valence electrons. The normalized spacial score (nSPS) is 11.2. The van der Waals surface area contributed by atoms with Crippen LogP contribution < -0.4 is 14.8 Å². The topological polar surface area (TPSA) is 102 Å². The lowest BCUT2D eigenvalue weighted by molar-refractivity contribution is -0.118. The molecule has 0 spiro atoms. The van der Waals surface area contributed by atoms with Crippen molar-refractivity contribution >= 4 is 38.7 Å². The minimum absolute atomic E-state index is 0.0801. The van der Waals surface area contributed by atoms with Crippen LogP contribution in [0.4, 0.5) is 5.69 Å². The highest BCUT2D eigenvalue weighted by molar-refractivity contribution is 7.89. The predicted molar refractivity (Wildman–Crippen MR) is 111 cm³/mol. The second kappa shape index (κ2) is 8.42. The Morgan fingerprint density at radius 2 is 1.86 bits per heavy atom. The SMILES string of the molecule is CNS(=O)(=O)c1cc(NC(=O)COc2ccc3ccccc3c2C=O)ccc1C. The first-order valence-electron chi connectivity index (χ1n) is 8.79. The molecule has 3 aromatic rings. The van der Waals surface area contributed by atoms with Crippen molar-refractivity contribution in [2.24, 2.45) is 0 Å². The second-order valence-electron chi connectivity index (χ2n) is 6.34. The second-order valence-corrected chi connectivity index (χ2v) is 8.20. The van der Waals surface area contributed by atoms with E-state index in [2.05, 4.69) is 10.0 Å². The molecule has 0 unspecified atom stereocenters. The van der Waals surface area contributed by atoms with E-state index in [-0.39, 0.29) is 11.5 Å². The number of aldehydes is 1. The summed E-state index contributed by atoms with van der Waals surface area (Å²) in [6.45, 7) is 1.33. The Morgan fingerprint density at radius 1 is 1.10 bits per heavy atom. The van der Waals surface area contributed by atoms with Crippen molar-refractivity contribution in [3.05, 3.63) is 65.7 Å². The number of amides is 1. The van der Waals surface area contributed by atoms with Gasteiger partial charge in [0.1, 0.15) is 5.75 Å². The number of hydrogen-bond donors (Lipinski definition) is 2. The zero-order valence-corrected chi connectivity index (χ0v) is 16.7. The molecule has 7 nitrogen and oxygen atoms in total. The van der Waals surface area contributed by atoms with Gasteiger partial charge >= 0.3 is 0 Å². The molecule has 29 heavy (non-hydrogen) atoms. The van der Waals surface area contributed by atoms with Gasteiger partial charge in [-0.05, 0) is 48.5 Å². The number of carbonyl (C=O) groups excluding carboxylic acids is 2. The molecule has 1 amide bonds.